The molecule has 1 saturated heterocycles. The fourth-order valence-electron chi connectivity index (χ4n) is 9.06. The predicted molar refractivity (Wildman–Crippen MR) is 350 cm³/mol. The first-order chi connectivity index (χ1) is 44.9. The van der Waals surface area contributed by atoms with E-state index in [1.165, 1.54) is 49.9 Å². The van der Waals surface area contributed by atoms with Gasteiger partial charge in [-0.15, -0.1) is 0 Å². The number of urea groups is 1. The SMILES string of the molecule is CNC(=N)NCCC[C@H](NC(C)=O)C(=O)N[C@@H](CCCNC(=N)N)C(=O)N[C@@H](CCCNC(N)=O)C(=O)N[C@@H](CCCNC(=N)N)C(=O)N[C@@H](CCCNC(=N)N)C(=O)N[C@@H](CCCNC(=N)N)C(=O)NCC(=O)N1C[C@@H](CO[PH](=O)N(C)C)O[C@@H](n2ccc(N)nc2=O)C1. The highest BCUT2D eigenvalue weighted by Crippen LogP contribution is 2.27. The van der Waals surface area contributed by atoms with Crippen molar-refractivity contribution < 1.29 is 57.0 Å². The van der Waals surface area contributed by atoms with E-state index in [-0.39, 0.29) is 154 Å². The molecule has 2 heterocycles. The van der Waals surface area contributed by atoms with Crippen molar-refractivity contribution in [1.29, 1.82) is 27.0 Å². The van der Waals surface area contributed by atoms with E-state index in [9.17, 15) is 52.5 Å². The van der Waals surface area contributed by atoms with Crippen molar-refractivity contribution in [2.24, 2.45) is 28.7 Å². The third kappa shape index (κ3) is 34.1. The van der Waals surface area contributed by atoms with Crippen LogP contribution < -0.4 is 115 Å². The minimum absolute atomic E-state index is 0.00270. The maximum Gasteiger partial charge on any atom is 0.351 e. The van der Waals surface area contributed by atoms with Gasteiger partial charge in [0.1, 0.15) is 48.2 Å². The number of morpholine rings is 1. The molecule has 0 aliphatic carbocycles. The molecule has 2 rings (SSSR count). The van der Waals surface area contributed by atoms with Crippen molar-refractivity contribution >= 4 is 97.1 Å². The molecule has 10 amide bonds. The Morgan fingerprint density at radius 2 is 0.958 bits per heavy atom. The highest BCUT2D eigenvalue weighted by atomic mass is 31.1. The molecule has 95 heavy (non-hydrogen) atoms. The molecule has 0 saturated carbocycles. The molecule has 0 bridgehead atoms. The fraction of sp³-hybridized carbons (Fsp3) is 0.654. The maximum atomic E-state index is 14.7. The lowest BCUT2D eigenvalue weighted by Gasteiger charge is -2.38. The van der Waals surface area contributed by atoms with E-state index in [1.54, 1.807) is 0 Å². The Bertz CT molecular complexity index is 2870. The van der Waals surface area contributed by atoms with Crippen LogP contribution in [0.2, 0.25) is 0 Å². The second-order valence-corrected chi connectivity index (χ2v) is 23.6. The molecule has 31 N–H and O–H groups in total. The van der Waals surface area contributed by atoms with Crippen molar-refractivity contribution in [3.05, 3.63) is 22.7 Å². The second kappa shape index (κ2) is 43.9. The van der Waals surface area contributed by atoms with E-state index in [2.05, 4.69) is 79.4 Å². The van der Waals surface area contributed by atoms with Crippen LogP contribution in [0.5, 0.6) is 0 Å². The predicted octanol–water partition coefficient (Wildman–Crippen LogP) is -8.41. The number of amides is 10. The standard InChI is InChI=1S/C52H98N29O13P/c1-29(82)72-32(12-9-22-69-50(62)64-2)41(85)74-34(14-7-20-67-48(58)59)43(87)77-36(16-10-23-70-51(63)90)45(89)76-35(15-8-21-68-49(60)61)44(88)75-33(13-6-19-66-47(56)57)42(86)73-31(11-5-18-65-46(54)55)40(84)71-25-38(83)80-26-30(28-93-95(92)79(3)4)94-39(27-80)81-24-17-37(53)78-52(81)91/h17,24,30-36,39,95H,5-16,18-23,25-28H2,1-4H3,(H,71,84)(H,72,82)(H,73,86)(H,74,85)(H,75,88)(H,76,89)(H,77,87)(H2,53,78,91)(H4,54,55,65)(H4,56,57,66)(H4,58,59,67)(H4,60,61,68)(H3,62,64,69)(H3,63,70,90)/t30-,31-,32-,33-,34-,35-,36-,39+/m0/s1. The molecule has 534 valence electrons. The lowest BCUT2D eigenvalue weighted by atomic mass is 10.0. The Labute approximate surface area is 549 Å². The summed E-state index contributed by atoms with van der Waals surface area (Å²) in [6.45, 7) is 0.149. The van der Waals surface area contributed by atoms with Crippen molar-refractivity contribution in [1.82, 2.24) is 93.6 Å². The third-order valence-electron chi connectivity index (χ3n) is 13.8. The largest absolute Gasteiger partial charge is 0.383 e. The number of nitrogens with two attached hydrogens (primary N) is 6. The van der Waals surface area contributed by atoms with Crippen LogP contribution in [0.4, 0.5) is 10.6 Å². The van der Waals surface area contributed by atoms with Gasteiger partial charge >= 0.3 is 11.7 Å². The van der Waals surface area contributed by atoms with Crippen LogP contribution in [0.15, 0.2) is 17.1 Å². The third-order valence-corrected chi connectivity index (χ3v) is 15.0. The zero-order chi connectivity index (χ0) is 71.2. The Morgan fingerprint density at radius 1 is 0.589 bits per heavy atom. The van der Waals surface area contributed by atoms with Gasteiger partial charge in [0.25, 0.3) is 8.18 Å². The average molecular weight is 1370 g/mol. The van der Waals surface area contributed by atoms with Crippen molar-refractivity contribution in [2.45, 2.75) is 133 Å². The number of guanidine groups is 5. The van der Waals surface area contributed by atoms with Crippen LogP contribution >= 0.6 is 8.18 Å². The molecule has 42 nitrogen and oxygen atoms in total. The van der Waals surface area contributed by atoms with Crippen LogP contribution in [0, 0.1) is 27.0 Å². The quantitative estimate of drug-likeness (QED) is 0.0125. The van der Waals surface area contributed by atoms with Gasteiger partial charge in [-0.05, 0) is 97.2 Å². The van der Waals surface area contributed by atoms with E-state index >= 15 is 0 Å². The molecule has 1 aromatic heterocycles. The van der Waals surface area contributed by atoms with E-state index < -0.39 is 140 Å². The van der Waals surface area contributed by atoms with Gasteiger partial charge in [-0.1, -0.05) is 0 Å². The van der Waals surface area contributed by atoms with Gasteiger partial charge < -0.3 is 123 Å². The van der Waals surface area contributed by atoms with Gasteiger partial charge in [0.05, 0.1) is 19.7 Å². The van der Waals surface area contributed by atoms with Crippen LogP contribution in [-0.4, -0.2) is 231 Å². The zero-order valence-corrected chi connectivity index (χ0v) is 54.9. The Hall–Kier alpha value is -9.83. The normalized spacial score (nSPS) is 15.6. The molecule has 0 aromatic carbocycles. The number of nitrogens with one attached hydrogen (secondary N) is 19. The van der Waals surface area contributed by atoms with E-state index in [0.29, 0.717) is 0 Å². The molecule has 0 spiro atoms. The molecule has 43 heteroatoms. The number of ether oxygens (including phenoxy) is 1. The molecular formula is C52H98N29O13P. The van der Waals surface area contributed by atoms with E-state index in [0.717, 1.165) is 4.57 Å². The van der Waals surface area contributed by atoms with Gasteiger partial charge in [-0.2, -0.15) is 4.98 Å². The molecule has 1 aromatic rings. The lowest BCUT2D eigenvalue weighted by molar-refractivity contribution is -0.158. The summed E-state index contributed by atoms with van der Waals surface area (Å²) in [5, 5.41) is 74.7. The number of primary amides is 1. The van der Waals surface area contributed by atoms with Gasteiger partial charge in [0.2, 0.25) is 47.3 Å². The second-order valence-electron chi connectivity index (χ2n) is 21.9. The minimum Gasteiger partial charge on any atom is -0.383 e. The topological polar surface area (TPSA) is 674 Å². The first-order valence-electron chi connectivity index (χ1n) is 30.4. The van der Waals surface area contributed by atoms with E-state index in [4.69, 9.17) is 70.7 Å². The summed E-state index contributed by atoms with van der Waals surface area (Å²) in [7, 11) is 1.90. The number of nitrogens with zero attached hydrogens (tertiary/aromatic N) is 4. The molecule has 1 fully saturated rings. The lowest BCUT2D eigenvalue weighted by Crippen LogP contribution is -2.60. The zero-order valence-electron chi connectivity index (χ0n) is 53.9. The summed E-state index contributed by atoms with van der Waals surface area (Å²) in [5.41, 5.74) is 32.2. The number of hydrogen-bond acceptors (Lipinski definition) is 20. The number of aromatic nitrogens is 2. The number of rotatable bonds is 43. The van der Waals surface area contributed by atoms with Crippen LogP contribution in [-0.2, 0) is 52.2 Å². The molecule has 9 atom stereocenters. The van der Waals surface area contributed by atoms with Crippen molar-refractivity contribution in [3.8, 4) is 0 Å². The summed E-state index contributed by atoms with van der Waals surface area (Å²) in [6.07, 6.45) is -0.930. The van der Waals surface area contributed by atoms with Crippen LogP contribution in [0.1, 0.15) is 90.2 Å². The molecule has 1 unspecified atom stereocenters. The Kier molecular flexibility index (Phi) is 37.5. The van der Waals surface area contributed by atoms with Gasteiger partial charge in [0, 0.05) is 66.0 Å². The van der Waals surface area contributed by atoms with Crippen molar-refractivity contribution in [3.63, 3.8) is 0 Å². The number of carbonyl (C=O) groups excluding carboxylic acids is 9. The molecule has 1 aliphatic rings. The summed E-state index contributed by atoms with van der Waals surface area (Å²) < 4.78 is 26.5. The van der Waals surface area contributed by atoms with Crippen LogP contribution in [0.25, 0.3) is 0 Å². The first-order valence-corrected chi connectivity index (χ1v) is 31.7. The monoisotopic (exact) mass is 1370 g/mol. The van der Waals surface area contributed by atoms with Gasteiger partial charge in [0.15, 0.2) is 36.0 Å². The molecule has 1 aliphatic heterocycles. The minimum atomic E-state index is -2.70. The van der Waals surface area contributed by atoms with Gasteiger partial charge in [-0.25, -0.2) is 14.3 Å². The number of nitrogen functional groups attached to an aromatic ring is 1. The van der Waals surface area contributed by atoms with Crippen LogP contribution in [0.3, 0.4) is 0 Å². The summed E-state index contributed by atoms with van der Waals surface area (Å²) in [6, 6.07) is -8.15. The van der Waals surface area contributed by atoms with Gasteiger partial charge in [-0.3, -0.25) is 74.5 Å². The maximum absolute atomic E-state index is 14.7. The number of anilines is 1. The highest BCUT2D eigenvalue weighted by molar-refractivity contribution is 7.36. The molecular weight excluding hydrogens is 1270 g/mol. The number of hydrogen-bond donors (Lipinski definition) is 25. The smallest absolute Gasteiger partial charge is 0.351 e. The fourth-order valence-corrected chi connectivity index (χ4v) is 9.65. The Balaban J connectivity index is 2.59. The number of carbonyl (C=O) groups is 9. The summed E-state index contributed by atoms with van der Waals surface area (Å²) in [4.78, 5) is 142. The van der Waals surface area contributed by atoms with E-state index in [1.807, 2.05) is 0 Å². The Morgan fingerprint density at radius 3 is 1.31 bits per heavy atom. The summed E-state index contributed by atoms with van der Waals surface area (Å²) in [5.74, 6) is -8.37. The van der Waals surface area contributed by atoms with Crippen molar-refractivity contribution in [2.75, 3.05) is 92.4 Å². The highest BCUT2D eigenvalue weighted by Gasteiger charge is 2.36. The summed E-state index contributed by atoms with van der Waals surface area (Å²) >= 11 is 0. The average Bonchev–Trinajstić information content (AvgIpc) is 0.823. The molecule has 0 radical (unpaired) electrons. The first kappa shape index (κ1) is 81.3.